The highest BCUT2D eigenvalue weighted by molar-refractivity contribution is 7.26. The molecule has 0 spiro atoms. The Hall–Kier alpha value is -6.42. The van der Waals surface area contributed by atoms with Crippen molar-refractivity contribution in [2.75, 3.05) is 4.90 Å². The zero-order valence-electron chi connectivity index (χ0n) is 27.7. The maximum absolute atomic E-state index is 6.75. The van der Waals surface area contributed by atoms with Crippen molar-refractivity contribution in [1.29, 1.82) is 0 Å². The van der Waals surface area contributed by atoms with Gasteiger partial charge in [-0.15, -0.1) is 11.3 Å². The second-order valence-corrected chi connectivity index (χ2v) is 14.0. The van der Waals surface area contributed by atoms with Crippen LogP contribution in [0.3, 0.4) is 0 Å². The van der Waals surface area contributed by atoms with Crippen molar-refractivity contribution >= 4 is 70.5 Å². The number of hydrogen-bond donors (Lipinski definition) is 0. The van der Waals surface area contributed by atoms with Gasteiger partial charge in [-0.3, -0.25) is 0 Å². The van der Waals surface area contributed by atoms with Gasteiger partial charge in [0, 0.05) is 53.6 Å². The minimum absolute atomic E-state index is 0.907. The Kier molecular flexibility index (Phi) is 7.04. The summed E-state index contributed by atoms with van der Waals surface area (Å²) < 4.78 is 9.29. The Morgan fingerprint density at radius 1 is 0.392 bits per heavy atom. The molecule has 0 amide bonds. The maximum atomic E-state index is 6.75. The minimum atomic E-state index is 0.907. The van der Waals surface area contributed by atoms with E-state index in [1.54, 1.807) is 0 Å². The van der Waals surface area contributed by atoms with Gasteiger partial charge in [0.2, 0.25) is 0 Å². The number of fused-ring (bicyclic) bond motifs is 7. The van der Waals surface area contributed by atoms with Gasteiger partial charge in [0.1, 0.15) is 11.2 Å². The van der Waals surface area contributed by atoms with Crippen LogP contribution < -0.4 is 4.90 Å². The van der Waals surface area contributed by atoms with Gasteiger partial charge in [-0.2, -0.15) is 0 Å². The van der Waals surface area contributed by atoms with Crippen molar-refractivity contribution < 1.29 is 4.42 Å². The molecule has 2 nitrogen and oxygen atoms in total. The van der Waals surface area contributed by atoms with Crippen LogP contribution in [0, 0.1) is 0 Å². The summed E-state index contributed by atoms with van der Waals surface area (Å²) in [6.07, 6.45) is 0. The number of thiophene rings is 1. The van der Waals surface area contributed by atoms with Crippen molar-refractivity contribution in [3.63, 3.8) is 0 Å². The fraction of sp³-hybridized carbons (Fsp3) is 0. The Balaban J connectivity index is 1.18. The molecule has 0 bridgehead atoms. The Morgan fingerprint density at radius 3 is 1.75 bits per heavy atom. The van der Waals surface area contributed by atoms with Crippen LogP contribution in [0.15, 0.2) is 192 Å². The highest BCUT2D eigenvalue weighted by Gasteiger charge is 2.21. The highest BCUT2D eigenvalue weighted by atomic mass is 32.1. The summed E-state index contributed by atoms with van der Waals surface area (Å²) in [5.74, 6) is 0. The first-order chi connectivity index (χ1) is 25.3. The fourth-order valence-electron chi connectivity index (χ4n) is 7.41. The SMILES string of the molecule is c1ccc(-c2ccc(N(c3ccccc3)c3cccc(-c4cc5c6cc(-c7ccccc7)ccc6sc5c5c4oc4ccccc45)c3)cc2)cc1. The summed E-state index contributed by atoms with van der Waals surface area (Å²) in [5.41, 5.74) is 12.2. The van der Waals surface area contributed by atoms with Crippen LogP contribution in [0.25, 0.3) is 75.5 Å². The molecule has 0 N–H and O–H groups in total. The highest BCUT2D eigenvalue weighted by Crippen LogP contribution is 2.48. The molecule has 10 rings (SSSR count). The van der Waals surface area contributed by atoms with Crippen molar-refractivity contribution in [1.82, 2.24) is 0 Å². The summed E-state index contributed by atoms with van der Waals surface area (Å²) in [4.78, 5) is 2.33. The van der Waals surface area contributed by atoms with Gasteiger partial charge >= 0.3 is 0 Å². The lowest BCUT2D eigenvalue weighted by Crippen LogP contribution is -2.09. The average Bonchev–Trinajstić information content (AvgIpc) is 3.77. The maximum Gasteiger partial charge on any atom is 0.144 e. The van der Waals surface area contributed by atoms with E-state index in [0.29, 0.717) is 0 Å². The van der Waals surface area contributed by atoms with E-state index in [9.17, 15) is 0 Å². The van der Waals surface area contributed by atoms with Gasteiger partial charge in [0.15, 0.2) is 0 Å². The van der Waals surface area contributed by atoms with Crippen LogP contribution in [0.1, 0.15) is 0 Å². The van der Waals surface area contributed by atoms with Gasteiger partial charge in [0.25, 0.3) is 0 Å². The smallest absolute Gasteiger partial charge is 0.144 e. The van der Waals surface area contributed by atoms with Gasteiger partial charge in [0.05, 0.1) is 0 Å². The molecule has 0 atom stereocenters. The normalized spacial score (nSPS) is 11.5. The molecule has 8 aromatic carbocycles. The van der Waals surface area contributed by atoms with Crippen molar-refractivity contribution in [2.24, 2.45) is 0 Å². The van der Waals surface area contributed by atoms with Crippen molar-refractivity contribution in [3.8, 4) is 33.4 Å². The number of nitrogens with zero attached hydrogens (tertiary/aromatic N) is 1. The Morgan fingerprint density at radius 2 is 0.980 bits per heavy atom. The molecule has 3 heteroatoms. The third-order valence-electron chi connectivity index (χ3n) is 9.85. The lowest BCUT2D eigenvalue weighted by atomic mass is 9.97. The standard InChI is InChI=1S/C48H31NOS/c1-4-13-32(14-5-1)34-23-26-38(27-24-34)49(37-18-8-3-9-19-37)39-20-12-17-36(29-39)41-31-43-42-30-35(33-15-6-2-7-16-33)25-28-45(42)51-48(43)46-40-21-10-11-22-44(40)50-47(41)46/h1-31H. The number of rotatable bonds is 6. The van der Waals surface area contributed by atoms with Gasteiger partial charge in [-0.05, 0) is 88.5 Å². The predicted molar refractivity (Wildman–Crippen MR) is 218 cm³/mol. The number of anilines is 3. The molecule has 51 heavy (non-hydrogen) atoms. The molecule has 0 aliphatic carbocycles. The fourth-order valence-corrected chi connectivity index (χ4v) is 8.63. The molecule has 10 aromatic rings. The van der Waals surface area contributed by atoms with E-state index in [1.807, 2.05) is 11.3 Å². The predicted octanol–water partition coefficient (Wildman–Crippen LogP) is 14.4. The summed E-state index contributed by atoms with van der Waals surface area (Å²) in [6, 6.07) is 67.2. The van der Waals surface area contributed by atoms with E-state index in [0.717, 1.165) is 44.7 Å². The molecule has 240 valence electrons. The van der Waals surface area contributed by atoms with E-state index in [4.69, 9.17) is 4.42 Å². The molecular weight excluding hydrogens is 639 g/mol. The molecule has 0 aliphatic heterocycles. The second-order valence-electron chi connectivity index (χ2n) is 12.9. The first-order valence-electron chi connectivity index (χ1n) is 17.3. The van der Waals surface area contributed by atoms with Gasteiger partial charge in [-0.1, -0.05) is 127 Å². The first-order valence-corrected chi connectivity index (χ1v) is 18.1. The molecular formula is C48H31NOS. The topological polar surface area (TPSA) is 16.4 Å². The molecule has 0 saturated carbocycles. The third kappa shape index (κ3) is 5.10. The lowest BCUT2D eigenvalue weighted by molar-refractivity contribution is 0.670. The molecule has 0 fully saturated rings. The van der Waals surface area contributed by atoms with Gasteiger partial charge < -0.3 is 9.32 Å². The molecule has 0 radical (unpaired) electrons. The van der Waals surface area contributed by atoms with Crippen LogP contribution in [-0.2, 0) is 0 Å². The lowest BCUT2D eigenvalue weighted by Gasteiger charge is -2.26. The summed E-state index contributed by atoms with van der Waals surface area (Å²) in [5, 5.41) is 4.85. The zero-order valence-corrected chi connectivity index (χ0v) is 28.5. The Bertz CT molecular complexity index is 2840. The summed E-state index contributed by atoms with van der Waals surface area (Å²) >= 11 is 1.85. The zero-order chi connectivity index (χ0) is 33.7. The quantitative estimate of drug-likeness (QED) is 0.175. The van der Waals surface area contributed by atoms with Crippen LogP contribution >= 0.6 is 11.3 Å². The molecule has 0 saturated heterocycles. The van der Waals surface area contributed by atoms with Crippen LogP contribution in [0.4, 0.5) is 17.1 Å². The molecule has 0 aliphatic rings. The van der Waals surface area contributed by atoms with Crippen LogP contribution in [-0.4, -0.2) is 0 Å². The number of benzene rings is 8. The summed E-state index contributed by atoms with van der Waals surface area (Å²) in [6.45, 7) is 0. The number of furan rings is 1. The number of para-hydroxylation sites is 2. The van der Waals surface area contributed by atoms with E-state index in [2.05, 4.69) is 193 Å². The first kappa shape index (κ1) is 29.5. The van der Waals surface area contributed by atoms with E-state index >= 15 is 0 Å². The van der Waals surface area contributed by atoms with E-state index in [-0.39, 0.29) is 0 Å². The third-order valence-corrected chi connectivity index (χ3v) is 11.1. The minimum Gasteiger partial charge on any atom is -0.455 e. The monoisotopic (exact) mass is 669 g/mol. The molecule has 0 unspecified atom stereocenters. The van der Waals surface area contributed by atoms with Crippen LogP contribution in [0.2, 0.25) is 0 Å². The molecule has 2 heterocycles. The largest absolute Gasteiger partial charge is 0.455 e. The molecule has 2 aromatic heterocycles. The van der Waals surface area contributed by atoms with E-state index < -0.39 is 0 Å². The Labute approximate surface area is 300 Å². The van der Waals surface area contributed by atoms with E-state index in [1.165, 1.54) is 47.8 Å². The number of hydrogen-bond acceptors (Lipinski definition) is 3. The van der Waals surface area contributed by atoms with Crippen molar-refractivity contribution in [2.45, 2.75) is 0 Å². The van der Waals surface area contributed by atoms with Crippen LogP contribution in [0.5, 0.6) is 0 Å². The van der Waals surface area contributed by atoms with Crippen molar-refractivity contribution in [3.05, 3.63) is 188 Å². The second kappa shape index (κ2) is 12.2. The summed E-state index contributed by atoms with van der Waals surface area (Å²) in [7, 11) is 0. The van der Waals surface area contributed by atoms with Gasteiger partial charge in [-0.25, -0.2) is 0 Å². The average molecular weight is 670 g/mol.